The van der Waals surface area contributed by atoms with Gasteiger partial charge < -0.3 is 10.0 Å². The molecule has 28 heavy (non-hydrogen) atoms. The molecule has 1 aliphatic rings. The highest BCUT2D eigenvalue weighted by Gasteiger charge is 2.19. The van der Waals surface area contributed by atoms with Gasteiger partial charge in [0.25, 0.3) is 0 Å². The molecule has 1 aliphatic heterocycles. The molecule has 2 aromatic carbocycles. The Hall–Kier alpha value is -1.85. The molecule has 0 spiro atoms. The maximum absolute atomic E-state index is 9.01. The van der Waals surface area contributed by atoms with E-state index in [0.29, 0.717) is 0 Å². The first kappa shape index (κ1) is 20.9. The lowest BCUT2D eigenvalue weighted by atomic mass is 10.1. The molecule has 1 saturated heterocycles. The Morgan fingerprint density at radius 2 is 1.75 bits per heavy atom. The van der Waals surface area contributed by atoms with Crippen LogP contribution in [0.3, 0.4) is 0 Å². The molecular weight excluding hydrogens is 388 g/mol. The molecular formula is C23H27ClN2OS. The Kier molecular flexibility index (Phi) is 7.51. The van der Waals surface area contributed by atoms with Crippen molar-refractivity contribution in [3.63, 3.8) is 0 Å². The van der Waals surface area contributed by atoms with E-state index < -0.39 is 0 Å². The molecule has 4 rings (SSSR count). The van der Waals surface area contributed by atoms with Crippen LogP contribution in [0.25, 0.3) is 16.2 Å². The van der Waals surface area contributed by atoms with Crippen molar-refractivity contribution in [1.82, 2.24) is 4.90 Å². The van der Waals surface area contributed by atoms with Gasteiger partial charge in [0.05, 0.1) is 6.61 Å². The second-order valence-corrected chi connectivity index (χ2v) is 8.10. The molecule has 0 amide bonds. The minimum absolute atomic E-state index is 0. The molecule has 2 heterocycles. The number of aliphatic hydroxyl groups is 1. The summed E-state index contributed by atoms with van der Waals surface area (Å²) >= 11 is 1.79. The second kappa shape index (κ2) is 10.1. The van der Waals surface area contributed by atoms with Gasteiger partial charge in [-0.05, 0) is 36.3 Å². The Bertz CT molecular complexity index is 901. The van der Waals surface area contributed by atoms with Gasteiger partial charge in [-0.2, -0.15) is 0 Å². The summed E-state index contributed by atoms with van der Waals surface area (Å²) in [5.41, 5.74) is 2.77. The van der Waals surface area contributed by atoms with Crippen LogP contribution in [-0.2, 0) is 6.42 Å². The van der Waals surface area contributed by atoms with Crippen molar-refractivity contribution in [2.75, 3.05) is 44.2 Å². The normalized spacial score (nSPS) is 15.2. The zero-order valence-electron chi connectivity index (χ0n) is 16.0. The van der Waals surface area contributed by atoms with Gasteiger partial charge in [0.1, 0.15) is 0 Å². The molecule has 1 fully saturated rings. The average Bonchev–Trinajstić information content (AvgIpc) is 3.15. The standard InChI is InChI=1S/C23H26N2OS.ClH/c26-17-5-8-20-18-21-22(9-4-10-23(21)27-20)25-15-13-24(14-16-25)12-11-19-6-2-1-3-7-19;/h1-10,18,26H,11-17H2;1H/b8-5+;. The maximum Gasteiger partial charge on any atom is 0.0615 e. The van der Waals surface area contributed by atoms with Crippen LogP contribution < -0.4 is 4.90 Å². The highest BCUT2D eigenvalue weighted by molar-refractivity contribution is 7.19. The highest BCUT2D eigenvalue weighted by Crippen LogP contribution is 2.34. The first-order valence-electron chi connectivity index (χ1n) is 9.65. The van der Waals surface area contributed by atoms with Crippen LogP contribution in [0.2, 0.25) is 0 Å². The van der Waals surface area contributed by atoms with E-state index in [9.17, 15) is 0 Å². The summed E-state index contributed by atoms with van der Waals surface area (Å²) in [6.45, 7) is 5.61. The Labute approximate surface area is 177 Å². The number of hydrogen-bond acceptors (Lipinski definition) is 4. The van der Waals surface area contributed by atoms with Crippen LogP contribution in [0.1, 0.15) is 10.4 Å². The van der Waals surface area contributed by atoms with Crippen molar-refractivity contribution in [3.8, 4) is 0 Å². The van der Waals surface area contributed by atoms with Crippen molar-refractivity contribution in [1.29, 1.82) is 0 Å². The second-order valence-electron chi connectivity index (χ2n) is 6.99. The largest absolute Gasteiger partial charge is 0.392 e. The minimum Gasteiger partial charge on any atom is -0.392 e. The molecule has 3 nitrogen and oxygen atoms in total. The molecule has 0 aliphatic carbocycles. The summed E-state index contributed by atoms with van der Waals surface area (Å²) in [7, 11) is 0. The van der Waals surface area contributed by atoms with Gasteiger partial charge in [-0.25, -0.2) is 0 Å². The van der Waals surface area contributed by atoms with Crippen LogP contribution >= 0.6 is 23.7 Å². The lowest BCUT2D eigenvalue weighted by molar-refractivity contribution is 0.261. The van der Waals surface area contributed by atoms with Crippen LogP contribution in [0.5, 0.6) is 0 Å². The van der Waals surface area contributed by atoms with E-state index in [-0.39, 0.29) is 19.0 Å². The average molecular weight is 415 g/mol. The fraction of sp³-hybridized carbons (Fsp3) is 0.304. The third-order valence-electron chi connectivity index (χ3n) is 5.22. The first-order valence-corrected chi connectivity index (χ1v) is 10.5. The zero-order valence-corrected chi connectivity index (χ0v) is 17.6. The molecule has 0 unspecified atom stereocenters. The summed E-state index contributed by atoms with van der Waals surface area (Å²) in [6, 6.07) is 19.6. The number of nitrogens with zero attached hydrogens (tertiary/aromatic N) is 2. The van der Waals surface area contributed by atoms with Crippen molar-refractivity contribution in [3.05, 3.63) is 71.1 Å². The number of rotatable bonds is 6. The van der Waals surface area contributed by atoms with E-state index in [2.05, 4.69) is 64.4 Å². The summed E-state index contributed by atoms with van der Waals surface area (Å²) in [5, 5.41) is 10.3. The molecule has 5 heteroatoms. The molecule has 1 aromatic heterocycles. The number of halogens is 1. The number of fused-ring (bicyclic) bond motifs is 1. The number of anilines is 1. The van der Waals surface area contributed by atoms with Crippen LogP contribution in [0, 0.1) is 0 Å². The van der Waals surface area contributed by atoms with Crippen molar-refractivity contribution in [2.45, 2.75) is 6.42 Å². The number of thiophene rings is 1. The van der Waals surface area contributed by atoms with Crippen molar-refractivity contribution in [2.24, 2.45) is 0 Å². The number of piperazine rings is 1. The van der Waals surface area contributed by atoms with Crippen LogP contribution in [0.15, 0.2) is 60.7 Å². The van der Waals surface area contributed by atoms with Gasteiger partial charge in [0.15, 0.2) is 0 Å². The van der Waals surface area contributed by atoms with Gasteiger partial charge in [-0.1, -0.05) is 42.5 Å². The van der Waals surface area contributed by atoms with E-state index >= 15 is 0 Å². The quantitative estimate of drug-likeness (QED) is 0.633. The molecule has 0 radical (unpaired) electrons. The molecule has 1 N–H and O–H groups in total. The summed E-state index contributed by atoms with van der Waals surface area (Å²) in [4.78, 5) is 6.30. The smallest absolute Gasteiger partial charge is 0.0615 e. The Balaban J connectivity index is 0.00000225. The Morgan fingerprint density at radius 3 is 2.50 bits per heavy atom. The van der Waals surface area contributed by atoms with Gasteiger partial charge in [0.2, 0.25) is 0 Å². The predicted molar refractivity (Wildman–Crippen MR) is 124 cm³/mol. The zero-order chi connectivity index (χ0) is 18.5. The molecule has 0 atom stereocenters. The van der Waals surface area contributed by atoms with E-state index in [1.807, 2.05) is 6.08 Å². The maximum atomic E-state index is 9.01. The van der Waals surface area contributed by atoms with E-state index in [1.54, 1.807) is 17.4 Å². The monoisotopic (exact) mass is 414 g/mol. The molecule has 0 saturated carbocycles. The third-order valence-corrected chi connectivity index (χ3v) is 6.28. The summed E-state index contributed by atoms with van der Waals surface area (Å²) in [6.07, 6.45) is 4.94. The van der Waals surface area contributed by atoms with Gasteiger partial charge >= 0.3 is 0 Å². The third kappa shape index (κ3) is 4.95. The Morgan fingerprint density at radius 1 is 0.964 bits per heavy atom. The number of aliphatic hydroxyl groups excluding tert-OH is 1. The van der Waals surface area contributed by atoms with E-state index in [1.165, 1.54) is 26.2 Å². The van der Waals surface area contributed by atoms with Crippen molar-refractivity contribution >= 4 is 45.6 Å². The van der Waals surface area contributed by atoms with Gasteiger partial charge in [0, 0.05) is 53.4 Å². The lowest BCUT2D eigenvalue weighted by Gasteiger charge is -2.36. The summed E-state index contributed by atoms with van der Waals surface area (Å²) in [5.74, 6) is 0. The van der Waals surface area contributed by atoms with Crippen molar-refractivity contribution < 1.29 is 5.11 Å². The minimum atomic E-state index is 0. The molecule has 148 valence electrons. The number of benzene rings is 2. The fourth-order valence-electron chi connectivity index (χ4n) is 3.74. The molecule has 3 aromatic rings. The van der Waals surface area contributed by atoms with Crippen LogP contribution in [-0.4, -0.2) is 49.3 Å². The SMILES string of the molecule is Cl.OC/C=C/c1cc2c(N3CCN(CCc4ccccc4)CC3)cccc2s1. The highest BCUT2D eigenvalue weighted by atomic mass is 35.5. The van der Waals surface area contributed by atoms with Gasteiger partial charge in [-0.15, -0.1) is 23.7 Å². The summed E-state index contributed by atoms with van der Waals surface area (Å²) < 4.78 is 1.32. The number of hydrogen-bond donors (Lipinski definition) is 1. The lowest BCUT2D eigenvalue weighted by Crippen LogP contribution is -2.47. The molecule has 0 bridgehead atoms. The van der Waals surface area contributed by atoms with Gasteiger partial charge in [-0.3, -0.25) is 4.90 Å². The van der Waals surface area contributed by atoms with E-state index in [0.717, 1.165) is 39.1 Å². The first-order chi connectivity index (χ1) is 13.3. The van der Waals surface area contributed by atoms with Crippen LogP contribution in [0.4, 0.5) is 5.69 Å². The predicted octanol–water partition coefficient (Wildman–Crippen LogP) is 4.69. The fourth-order valence-corrected chi connectivity index (χ4v) is 4.75. The topological polar surface area (TPSA) is 26.7 Å². The van der Waals surface area contributed by atoms with E-state index in [4.69, 9.17) is 5.11 Å².